The molecule has 0 aromatic rings. The maximum absolute atomic E-state index is 5.47. The average molecular weight is 192 g/mol. The van der Waals surface area contributed by atoms with Gasteiger partial charge in [0.25, 0.3) is 0 Å². The molecule has 0 saturated carbocycles. The maximum Gasteiger partial charge on any atom is 0.183 e. The van der Waals surface area contributed by atoms with E-state index in [0.29, 0.717) is 0 Å². The van der Waals surface area contributed by atoms with Gasteiger partial charge in [0.05, 0.1) is 13.2 Å². The van der Waals surface area contributed by atoms with Gasteiger partial charge < -0.3 is 9.47 Å². The lowest BCUT2D eigenvalue weighted by Crippen LogP contribution is -2.26. The Balaban J connectivity index is 2.65. The molecule has 76 valence electrons. The summed E-state index contributed by atoms with van der Waals surface area (Å²) in [6.45, 7) is 8.77. The predicted molar refractivity (Wildman–Crippen MR) is 57.9 cm³/mol. The van der Waals surface area contributed by atoms with Crippen molar-refractivity contribution in [2.24, 2.45) is 0 Å². The van der Waals surface area contributed by atoms with Crippen molar-refractivity contribution < 1.29 is 9.47 Å². The molecule has 1 rings (SSSR count). The lowest BCUT2D eigenvalue weighted by molar-refractivity contribution is -0.154. The van der Waals surface area contributed by atoms with Gasteiger partial charge in [-0.1, -0.05) is 43.5 Å². The van der Waals surface area contributed by atoms with Crippen LogP contribution in [0.25, 0.3) is 0 Å². The molecule has 1 aliphatic rings. The zero-order valence-corrected chi connectivity index (χ0v) is 8.32. The first-order valence-corrected chi connectivity index (χ1v) is 4.73. The van der Waals surface area contributed by atoms with Crippen LogP contribution in [0.15, 0.2) is 49.1 Å². The van der Waals surface area contributed by atoms with Crippen LogP contribution in [0.4, 0.5) is 0 Å². The summed E-state index contributed by atoms with van der Waals surface area (Å²) in [5, 5.41) is 0. The molecule has 1 heterocycles. The van der Waals surface area contributed by atoms with Gasteiger partial charge >= 0.3 is 0 Å². The van der Waals surface area contributed by atoms with Gasteiger partial charge in [-0.15, -0.1) is 0 Å². The quantitative estimate of drug-likeness (QED) is 0.637. The van der Waals surface area contributed by atoms with Crippen LogP contribution >= 0.6 is 0 Å². The molecule has 0 aromatic heterocycles. The highest BCUT2D eigenvalue weighted by Gasteiger charge is 2.16. The number of hydrogen-bond donors (Lipinski definition) is 0. The Morgan fingerprint density at radius 3 is 2.43 bits per heavy atom. The SMILES string of the molecule is C=C/C=C\C(=C/C=C)C1OCCCO1. The summed E-state index contributed by atoms with van der Waals surface area (Å²) in [4.78, 5) is 0. The highest BCUT2D eigenvalue weighted by atomic mass is 16.7. The molecule has 0 aromatic carbocycles. The summed E-state index contributed by atoms with van der Waals surface area (Å²) >= 11 is 0. The highest BCUT2D eigenvalue weighted by molar-refractivity contribution is 5.27. The summed E-state index contributed by atoms with van der Waals surface area (Å²) in [6.07, 6.45) is 9.82. The molecule has 0 aliphatic carbocycles. The molecule has 0 bridgehead atoms. The fraction of sp³-hybridized carbons (Fsp3) is 0.333. The van der Waals surface area contributed by atoms with Gasteiger partial charge in [0.2, 0.25) is 0 Å². The van der Waals surface area contributed by atoms with Crippen LogP contribution in [-0.4, -0.2) is 19.5 Å². The van der Waals surface area contributed by atoms with Gasteiger partial charge in [0.1, 0.15) is 0 Å². The maximum atomic E-state index is 5.47. The van der Waals surface area contributed by atoms with E-state index >= 15 is 0 Å². The molecule has 1 saturated heterocycles. The molecule has 0 N–H and O–H groups in total. The van der Waals surface area contributed by atoms with Gasteiger partial charge in [0.15, 0.2) is 6.29 Å². The summed E-state index contributed by atoms with van der Waals surface area (Å²) in [6, 6.07) is 0. The smallest absolute Gasteiger partial charge is 0.183 e. The molecule has 0 spiro atoms. The van der Waals surface area contributed by atoms with Crippen molar-refractivity contribution in [1.82, 2.24) is 0 Å². The van der Waals surface area contributed by atoms with Gasteiger partial charge in [-0.25, -0.2) is 0 Å². The Hall–Kier alpha value is -1.12. The van der Waals surface area contributed by atoms with Crippen molar-refractivity contribution >= 4 is 0 Å². The summed E-state index contributed by atoms with van der Waals surface area (Å²) in [5.74, 6) is 0. The zero-order valence-electron chi connectivity index (χ0n) is 8.32. The molecule has 0 atom stereocenters. The van der Waals surface area contributed by atoms with Crippen LogP contribution in [0.3, 0.4) is 0 Å². The van der Waals surface area contributed by atoms with Crippen molar-refractivity contribution in [2.45, 2.75) is 12.7 Å². The average Bonchev–Trinajstić information content (AvgIpc) is 2.25. The van der Waals surface area contributed by atoms with Gasteiger partial charge in [0, 0.05) is 5.57 Å². The molecule has 1 fully saturated rings. The number of ether oxygens (including phenoxy) is 2. The van der Waals surface area contributed by atoms with E-state index in [1.54, 1.807) is 12.2 Å². The minimum Gasteiger partial charge on any atom is -0.348 e. The highest BCUT2D eigenvalue weighted by Crippen LogP contribution is 2.15. The van der Waals surface area contributed by atoms with E-state index in [2.05, 4.69) is 13.2 Å². The third-order valence-electron chi connectivity index (χ3n) is 1.83. The minimum absolute atomic E-state index is 0.252. The number of allylic oxidation sites excluding steroid dienone is 4. The van der Waals surface area contributed by atoms with E-state index in [9.17, 15) is 0 Å². The summed E-state index contributed by atoms with van der Waals surface area (Å²) in [7, 11) is 0. The first kappa shape index (κ1) is 11.0. The first-order chi connectivity index (χ1) is 6.88. The van der Waals surface area contributed by atoms with Crippen LogP contribution in [-0.2, 0) is 9.47 Å². The lowest BCUT2D eigenvalue weighted by Gasteiger charge is -2.23. The van der Waals surface area contributed by atoms with Crippen molar-refractivity contribution in [3.05, 3.63) is 49.1 Å². The summed E-state index contributed by atoms with van der Waals surface area (Å²) < 4.78 is 10.9. The third kappa shape index (κ3) is 3.32. The minimum atomic E-state index is -0.252. The van der Waals surface area contributed by atoms with Crippen LogP contribution in [0, 0.1) is 0 Å². The topological polar surface area (TPSA) is 18.5 Å². The summed E-state index contributed by atoms with van der Waals surface area (Å²) in [5.41, 5.74) is 0.972. The molecule has 0 radical (unpaired) electrons. The Kier molecular flexibility index (Phi) is 4.97. The molecule has 0 unspecified atom stereocenters. The molecule has 1 aliphatic heterocycles. The Labute approximate surface area is 85.2 Å². The Morgan fingerprint density at radius 2 is 1.86 bits per heavy atom. The van der Waals surface area contributed by atoms with Crippen LogP contribution in [0.1, 0.15) is 6.42 Å². The lowest BCUT2D eigenvalue weighted by atomic mass is 10.2. The second-order valence-electron chi connectivity index (χ2n) is 2.92. The normalized spacial score (nSPS) is 19.9. The molecule has 0 amide bonds. The number of rotatable bonds is 4. The molecular weight excluding hydrogens is 176 g/mol. The van der Waals surface area contributed by atoms with Crippen molar-refractivity contribution in [3.8, 4) is 0 Å². The first-order valence-electron chi connectivity index (χ1n) is 4.73. The van der Waals surface area contributed by atoms with Crippen LogP contribution in [0.5, 0.6) is 0 Å². The monoisotopic (exact) mass is 192 g/mol. The Bertz CT molecular complexity index is 245. The standard InChI is InChI=1S/C12H16O2/c1-3-5-8-11(7-4-2)12-13-9-6-10-14-12/h3-5,7-8,12H,1-2,6,9-10H2/b8-5-,11-7+. The second kappa shape index (κ2) is 6.35. The molecule has 14 heavy (non-hydrogen) atoms. The predicted octanol–water partition coefficient (Wildman–Crippen LogP) is 2.60. The molecular formula is C12H16O2. The van der Waals surface area contributed by atoms with Crippen molar-refractivity contribution in [3.63, 3.8) is 0 Å². The van der Waals surface area contributed by atoms with E-state index in [4.69, 9.17) is 9.47 Å². The van der Waals surface area contributed by atoms with E-state index in [-0.39, 0.29) is 6.29 Å². The molecule has 2 heteroatoms. The van der Waals surface area contributed by atoms with Gasteiger partial charge in [-0.3, -0.25) is 0 Å². The van der Waals surface area contributed by atoms with Crippen molar-refractivity contribution in [1.29, 1.82) is 0 Å². The Morgan fingerprint density at radius 1 is 1.14 bits per heavy atom. The molecule has 2 nitrogen and oxygen atoms in total. The van der Waals surface area contributed by atoms with E-state index in [1.165, 1.54) is 0 Å². The van der Waals surface area contributed by atoms with E-state index in [0.717, 1.165) is 25.2 Å². The van der Waals surface area contributed by atoms with E-state index < -0.39 is 0 Å². The van der Waals surface area contributed by atoms with Crippen LogP contribution < -0.4 is 0 Å². The zero-order chi connectivity index (χ0) is 10.2. The van der Waals surface area contributed by atoms with Crippen molar-refractivity contribution in [2.75, 3.05) is 13.2 Å². The number of hydrogen-bond acceptors (Lipinski definition) is 2. The fourth-order valence-corrected chi connectivity index (χ4v) is 1.21. The van der Waals surface area contributed by atoms with E-state index in [1.807, 2.05) is 18.2 Å². The van der Waals surface area contributed by atoms with Crippen LogP contribution in [0.2, 0.25) is 0 Å². The largest absolute Gasteiger partial charge is 0.348 e. The fourth-order valence-electron chi connectivity index (χ4n) is 1.21. The van der Waals surface area contributed by atoms with Gasteiger partial charge in [-0.05, 0) is 6.42 Å². The second-order valence-corrected chi connectivity index (χ2v) is 2.92. The van der Waals surface area contributed by atoms with Gasteiger partial charge in [-0.2, -0.15) is 0 Å². The third-order valence-corrected chi connectivity index (χ3v) is 1.83.